The predicted octanol–water partition coefficient (Wildman–Crippen LogP) is 4.64. The zero-order valence-corrected chi connectivity index (χ0v) is 10.9. The predicted molar refractivity (Wildman–Crippen MR) is 73.3 cm³/mol. The number of nitrogens with zero attached hydrogens (tertiary/aromatic N) is 1. The molecule has 1 unspecified atom stereocenters. The zero-order chi connectivity index (χ0) is 12.1. The van der Waals surface area contributed by atoms with Gasteiger partial charge in [-0.3, -0.25) is 0 Å². The normalized spacial score (nSPS) is 13.1. The van der Waals surface area contributed by atoms with Gasteiger partial charge in [0.05, 0.1) is 11.0 Å². The van der Waals surface area contributed by atoms with Crippen molar-refractivity contribution in [2.75, 3.05) is 0 Å². The van der Waals surface area contributed by atoms with Crippen molar-refractivity contribution in [2.45, 2.75) is 51.9 Å². The van der Waals surface area contributed by atoms with Gasteiger partial charge in [0.1, 0.15) is 5.82 Å². The molecule has 92 valence electrons. The van der Waals surface area contributed by atoms with Crippen molar-refractivity contribution in [2.24, 2.45) is 0 Å². The number of fused-ring (bicyclic) bond motifs is 1. The molecule has 1 aromatic carbocycles. The Morgan fingerprint density at radius 2 is 2.00 bits per heavy atom. The van der Waals surface area contributed by atoms with Crippen molar-refractivity contribution >= 4 is 11.0 Å². The van der Waals surface area contributed by atoms with Crippen LogP contribution in [0.25, 0.3) is 11.0 Å². The fourth-order valence-electron chi connectivity index (χ4n) is 2.22. The van der Waals surface area contributed by atoms with Gasteiger partial charge in [0.25, 0.3) is 0 Å². The molecule has 1 N–H and O–H groups in total. The van der Waals surface area contributed by atoms with Gasteiger partial charge in [0.15, 0.2) is 0 Å². The Kier molecular flexibility index (Phi) is 4.18. The highest BCUT2D eigenvalue weighted by atomic mass is 14.9. The molecule has 0 amide bonds. The second-order valence-electron chi connectivity index (χ2n) is 4.89. The van der Waals surface area contributed by atoms with Gasteiger partial charge in [-0.1, -0.05) is 51.7 Å². The fourth-order valence-corrected chi connectivity index (χ4v) is 2.22. The largest absolute Gasteiger partial charge is 0.342 e. The van der Waals surface area contributed by atoms with E-state index >= 15 is 0 Å². The summed E-state index contributed by atoms with van der Waals surface area (Å²) in [5.74, 6) is 1.68. The van der Waals surface area contributed by atoms with Gasteiger partial charge in [0, 0.05) is 5.92 Å². The summed E-state index contributed by atoms with van der Waals surface area (Å²) in [4.78, 5) is 8.08. The van der Waals surface area contributed by atoms with Crippen LogP contribution in [0.4, 0.5) is 0 Å². The van der Waals surface area contributed by atoms with E-state index in [2.05, 4.69) is 42.0 Å². The van der Waals surface area contributed by atoms with E-state index in [4.69, 9.17) is 0 Å². The van der Waals surface area contributed by atoms with Crippen molar-refractivity contribution in [1.29, 1.82) is 0 Å². The smallest absolute Gasteiger partial charge is 0.110 e. The number of para-hydroxylation sites is 2. The van der Waals surface area contributed by atoms with E-state index in [0.717, 1.165) is 16.9 Å². The highest BCUT2D eigenvalue weighted by Gasteiger charge is 2.09. The number of unbranched alkanes of at least 4 members (excludes halogenated alkanes) is 3. The van der Waals surface area contributed by atoms with Gasteiger partial charge < -0.3 is 4.98 Å². The molecule has 2 rings (SSSR count). The average Bonchev–Trinajstić information content (AvgIpc) is 2.78. The van der Waals surface area contributed by atoms with Gasteiger partial charge in [-0.2, -0.15) is 0 Å². The Balaban J connectivity index is 1.96. The Morgan fingerprint density at radius 1 is 1.18 bits per heavy atom. The van der Waals surface area contributed by atoms with E-state index < -0.39 is 0 Å². The van der Waals surface area contributed by atoms with Crippen LogP contribution in [-0.2, 0) is 0 Å². The fraction of sp³-hybridized carbons (Fsp3) is 0.533. The first-order valence-corrected chi connectivity index (χ1v) is 6.76. The Morgan fingerprint density at radius 3 is 2.76 bits per heavy atom. The molecule has 1 atom stereocenters. The Bertz CT molecular complexity index is 426. The summed E-state index contributed by atoms with van der Waals surface area (Å²) in [6.45, 7) is 4.52. The summed E-state index contributed by atoms with van der Waals surface area (Å²) in [6, 6.07) is 8.25. The van der Waals surface area contributed by atoms with Gasteiger partial charge in [0.2, 0.25) is 0 Å². The summed E-state index contributed by atoms with van der Waals surface area (Å²) < 4.78 is 0. The number of aromatic nitrogens is 2. The van der Waals surface area contributed by atoms with E-state index in [1.54, 1.807) is 0 Å². The summed E-state index contributed by atoms with van der Waals surface area (Å²) in [7, 11) is 0. The van der Waals surface area contributed by atoms with Crippen LogP contribution in [-0.4, -0.2) is 9.97 Å². The molecule has 0 fully saturated rings. The van der Waals surface area contributed by atoms with E-state index in [1.807, 2.05) is 6.07 Å². The molecule has 0 saturated heterocycles. The molecular weight excluding hydrogens is 208 g/mol. The van der Waals surface area contributed by atoms with Crippen LogP contribution in [0.15, 0.2) is 24.3 Å². The van der Waals surface area contributed by atoms with E-state index in [-0.39, 0.29) is 0 Å². The molecule has 17 heavy (non-hydrogen) atoms. The second kappa shape index (κ2) is 5.85. The van der Waals surface area contributed by atoms with E-state index in [1.165, 1.54) is 32.1 Å². The zero-order valence-electron chi connectivity index (χ0n) is 10.9. The molecule has 0 aliphatic rings. The monoisotopic (exact) mass is 230 g/mol. The van der Waals surface area contributed by atoms with Crippen molar-refractivity contribution in [3.63, 3.8) is 0 Å². The molecule has 0 spiro atoms. The third kappa shape index (κ3) is 3.09. The lowest BCUT2D eigenvalue weighted by molar-refractivity contribution is 0.566. The van der Waals surface area contributed by atoms with E-state index in [9.17, 15) is 0 Å². The molecule has 1 heterocycles. The van der Waals surface area contributed by atoms with Crippen molar-refractivity contribution in [3.05, 3.63) is 30.1 Å². The van der Waals surface area contributed by atoms with Crippen molar-refractivity contribution < 1.29 is 0 Å². The first-order valence-electron chi connectivity index (χ1n) is 6.76. The minimum absolute atomic E-state index is 0.541. The molecule has 0 saturated carbocycles. The van der Waals surface area contributed by atoms with Crippen LogP contribution in [0, 0.1) is 0 Å². The van der Waals surface area contributed by atoms with E-state index in [0.29, 0.717) is 5.92 Å². The number of rotatable bonds is 6. The van der Waals surface area contributed by atoms with Crippen LogP contribution in [0.1, 0.15) is 57.7 Å². The Hall–Kier alpha value is -1.31. The topological polar surface area (TPSA) is 28.7 Å². The summed E-state index contributed by atoms with van der Waals surface area (Å²) in [5, 5.41) is 0. The third-order valence-corrected chi connectivity index (χ3v) is 3.37. The molecule has 0 bridgehead atoms. The minimum atomic E-state index is 0.541. The SMILES string of the molecule is CCCCCCC(C)c1nc2ccccc2[nH]1. The highest BCUT2D eigenvalue weighted by molar-refractivity contribution is 5.74. The van der Waals surface area contributed by atoms with Crippen LogP contribution in [0.3, 0.4) is 0 Å². The quantitative estimate of drug-likeness (QED) is 0.720. The molecule has 0 aliphatic carbocycles. The van der Waals surface area contributed by atoms with Gasteiger partial charge in [-0.05, 0) is 18.6 Å². The van der Waals surface area contributed by atoms with Crippen LogP contribution in [0.5, 0.6) is 0 Å². The number of hydrogen-bond donors (Lipinski definition) is 1. The maximum absolute atomic E-state index is 4.66. The van der Waals surface area contributed by atoms with Gasteiger partial charge in [-0.15, -0.1) is 0 Å². The molecule has 2 heteroatoms. The van der Waals surface area contributed by atoms with Crippen LogP contribution >= 0.6 is 0 Å². The van der Waals surface area contributed by atoms with Crippen LogP contribution < -0.4 is 0 Å². The number of benzene rings is 1. The molecule has 0 radical (unpaired) electrons. The number of aromatic amines is 1. The summed E-state index contributed by atoms with van der Waals surface area (Å²) >= 11 is 0. The first-order chi connectivity index (χ1) is 8.31. The number of nitrogens with one attached hydrogen (secondary N) is 1. The molecular formula is C15H22N2. The molecule has 1 aromatic heterocycles. The lowest BCUT2D eigenvalue weighted by Gasteiger charge is -2.07. The first kappa shape index (κ1) is 12.2. The highest BCUT2D eigenvalue weighted by Crippen LogP contribution is 2.22. The molecule has 0 aliphatic heterocycles. The summed E-state index contributed by atoms with van der Waals surface area (Å²) in [6.07, 6.45) is 6.55. The lowest BCUT2D eigenvalue weighted by atomic mass is 10.0. The standard InChI is InChI=1S/C15H22N2/c1-3-4-5-6-9-12(2)15-16-13-10-7-8-11-14(13)17-15/h7-8,10-12H,3-6,9H2,1-2H3,(H,16,17). The Labute approximate surface area is 103 Å². The number of H-pyrrole nitrogens is 1. The maximum Gasteiger partial charge on any atom is 0.110 e. The molecule has 2 nitrogen and oxygen atoms in total. The van der Waals surface area contributed by atoms with Crippen LogP contribution in [0.2, 0.25) is 0 Å². The second-order valence-corrected chi connectivity index (χ2v) is 4.89. The van der Waals surface area contributed by atoms with Crippen molar-refractivity contribution in [3.8, 4) is 0 Å². The lowest BCUT2D eigenvalue weighted by Crippen LogP contribution is -1.96. The summed E-state index contributed by atoms with van der Waals surface area (Å²) in [5.41, 5.74) is 2.24. The molecule has 2 aromatic rings. The average molecular weight is 230 g/mol. The minimum Gasteiger partial charge on any atom is -0.342 e. The number of imidazole rings is 1. The van der Waals surface area contributed by atoms with Gasteiger partial charge in [-0.25, -0.2) is 4.98 Å². The van der Waals surface area contributed by atoms with Gasteiger partial charge >= 0.3 is 0 Å². The van der Waals surface area contributed by atoms with Crippen molar-refractivity contribution in [1.82, 2.24) is 9.97 Å². The maximum atomic E-state index is 4.66. The number of hydrogen-bond acceptors (Lipinski definition) is 1. The third-order valence-electron chi connectivity index (χ3n) is 3.37.